The van der Waals surface area contributed by atoms with Gasteiger partial charge in [0.2, 0.25) is 5.43 Å². The van der Waals surface area contributed by atoms with Crippen molar-refractivity contribution in [3.05, 3.63) is 99.6 Å². The van der Waals surface area contributed by atoms with Crippen molar-refractivity contribution in [3.8, 4) is 22.6 Å². The molecule has 0 unspecified atom stereocenters. The summed E-state index contributed by atoms with van der Waals surface area (Å²) in [6.07, 6.45) is 3.86. The van der Waals surface area contributed by atoms with Crippen LogP contribution in [0.25, 0.3) is 11.1 Å². The maximum Gasteiger partial charge on any atom is 0.324 e. The first kappa shape index (κ1) is 28.2. The molecule has 13 heteroatoms. The van der Waals surface area contributed by atoms with E-state index in [1.54, 1.807) is 0 Å². The fourth-order valence-electron chi connectivity index (χ4n) is 3.47. The van der Waals surface area contributed by atoms with Crippen molar-refractivity contribution in [1.82, 2.24) is 9.55 Å². The van der Waals surface area contributed by atoms with Gasteiger partial charge in [0.05, 0.1) is 0 Å². The highest BCUT2D eigenvalue weighted by molar-refractivity contribution is 6.34. The van der Waals surface area contributed by atoms with Crippen LogP contribution in [0.15, 0.2) is 71.9 Å². The Balaban J connectivity index is 1.62. The molecule has 1 amide bonds. The molecule has 0 saturated heterocycles. The molecule has 2 heterocycles. The van der Waals surface area contributed by atoms with Crippen LogP contribution >= 0.6 is 11.6 Å². The predicted octanol–water partition coefficient (Wildman–Crippen LogP) is 4.32. The van der Waals surface area contributed by atoms with Crippen molar-refractivity contribution < 1.29 is 27.8 Å². The summed E-state index contributed by atoms with van der Waals surface area (Å²) in [5.74, 6) is -3.07. The van der Waals surface area contributed by atoms with E-state index in [0.717, 1.165) is 18.2 Å². The summed E-state index contributed by atoms with van der Waals surface area (Å²) in [6.45, 7) is 1.07. The molecule has 0 bridgehead atoms. The highest BCUT2D eigenvalue weighted by atomic mass is 35.5. The number of hydrogen-bond donors (Lipinski definition) is 3. The molecule has 0 spiro atoms. The highest BCUT2D eigenvalue weighted by Crippen LogP contribution is 2.34. The van der Waals surface area contributed by atoms with E-state index in [2.05, 4.69) is 10.3 Å². The third-order valence-corrected chi connectivity index (χ3v) is 5.88. The van der Waals surface area contributed by atoms with E-state index >= 15 is 0 Å². The van der Waals surface area contributed by atoms with Gasteiger partial charge < -0.3 is 30.8 Å². The largest absolute Gasteiger partial charge is 0.453 e. The Bertz CT molecular complexity index is 1640. The van der Waals surface area contributed by atoms with Crippen molar-refractivity contribution in [3.63, 3.8) is 0 Å². The van der Waals surface area contributed by atoms with Crippen LogP contribution < -0.4 is 26.9 Å². The number of carbonyl (C=O) groups excluding carboxylic acids is 2. The SMILES string of the molecule is C[C@H](N)C(=O)OCn1cc(C(=O)Nc2ccc(Oc3ccnc(N)c3Cl)c(F)c2)c(=O)c(-c2ccc(F)cc2)c1. The Hall–Kier alpha value is -4.81. The molecule has 0 radical (unpaired) electrons. The minimum Gasteiger partial charge on any atom is -0.453 e. The van der Waals surface area contributed by atoms with Gasteiger partial charge >= 0.3 is 5.97 Å². The lowest BCUT2D eigenvalue weighted by molar-refractivity contribution is -0.148. The molecule has 206 valence electrons. The van der Waals surface area contributed by atoms with Gasteiger partial charge in [-0.3, -0.25) is 14.4 Å². The van der Waals surface area contributed by atoms with Gasteiger partial charge in [-0.1, -0.05) is 23.7 Å². The molecule has 0 saturated carbocycles. The van der Waals surface area contributed by atoms with E-state index < -0.39 is 35.0 Å². The second-order valence-electron chi connectivity index (χ2n) is 8.53. The van der Waals surface area contributed by atoms with Crippen molar-refractivity contribution in [2.24, 2.45) is 5.73 Å². The average molecular weight is 570 g/mol. The minimum atomic E-state index is -0.896. The number of nitrogens with one attached hydrogen (secondary N) is 1. The van der Waals surface area contributed by atoms with Gasteiger partial charge in [0.1, 0.15) is 28.3 Å². The lowest BCUT2D eigenvalue weighted by atomic mass is 10.0. The van der Waals surface area contributed by atoms with E-state index in [1.807, 2.05) is 0 Å². The van der Waals surface area contributed by atoms with Crippen LogP contribution in [0.1, 0.15) is 17.3 Å². The Morgan fingerprint density at radius 1 is 1.10 bits per heavy atom. The summed E-state index contributed by atoms with van der Waals surface area (Å²) >= 11 is 6.03. The first-order chi connectivity index (χ1) is 19.0. The number of nitrogens with zero attached hydrogens (tertiary/aromatic N) is 2. The van der Waals surface area contributed by atoms with Crippen LogP contribution in [0.2, 0.25) is 5.02 Å². The smallest absolute Gasteiger partial charge is 0.324 e. The number of esters is 1. The number of ether oxygens (including phenoxy) is 2. The van der Waals surface area contributed by atoms with Crippen LogP contribution in [-0.2, 0) is 16.3 Å². The van der Waals surface area contributed by atoms with Gasteiger partial charge in [-0.15, -0.1) is 0 Å². The summed E-state index contributed by atoms with van der Waals surface area (Å²) < 4.78 is 40.1. The highest BCUT2D eigenvalue weighted by Gasteiger charge is 2.19. The van der Waals surface area contributed by atoms with Gasteiger partial charge in [-0.05, 0) is 36.8 Å². The summed E-state index contributed by atoms with van der Waals surface area (Å²) in [5.41, 5.74) is 10.5. The molecule has 4 aromatic rings. The van der Waals surface area contributed by atoms with Gasteiger partial charge in [0.15, 0.2) is 24.0 Å². The summed E-state index contributed by atoms with van der Waals surface area (Å²) in [7, 11) is 0. The number of aromatic nitrogens is 2. The van der Waals surface area contributed by atoms with E-state index in [1.165, 1.54) is 60.4 Å². The maximum absolute atomic E-state index is 14.8. The second kappa shape index (κ2) is 11.9. The zero-order chi connectivity index (χ0) is 29.0. The lowest BCUT2D eigenvalue weighted by Gasteiger charge is -2.14. The Morgan fingerprint density at radius 3 is 2.50 bits per heavy atom. The summed E-state index contributed by atoms with van der Waals surface area (Å²) in [5, 5.41) is 2.46. The number of pyridine rings is 2. The van der Waals surface area contributed by atoms with Crippen LogP contribution in [0.5, 0.6) is 11.5 Å². The summed E-state index contributed by atoms with van der Waals surface area (Å²) in [4.78, 5) is 42.0. The van der Waals surface area contributed by atoms with Gasteiger partial charge in [0, 0.05) is 42.0 Å². The third-order valence-electron chi connectivity index (χ3n) is 5.50. The summed E-state index contributed by atoms with van der Waals surface area (Å²) in [6, 6.07) is 9.12. The van der Waals surface area contributed by atoms with Crippen molar-refractivity contribution in [2.45, 2.75) is 19.7 Å². The molecule has 40 heavy (non-hydrogen) atoms. The molecule has 0 aliphatic rings. The van der Waals surface area contributed by atoms with Crippen LogP contribution in [0.3, 0.4) is 0 Å². The molecule has 0 fully saturated rings. The molecule has 10 nitrogen and oxygen atoms in total. The zero-order valence-corrected chi connectivity index (χ0v) is 21.6. The van der Waals surface area contributed by atoms with Gasteiger partial charge in [-0.2, -0.15) is 0 Å². The number of halogens is 3. The van der Waals surface area contributed by atoms with E-state index in [4.69, 9.17) is 32.5 Å². The topological polar surface area (TPSA) is 152 Å². The fraction of sp³-hybridized carbons (Fsp3) is 0.111. The number of anilines is 2. The molecule has 4 rings (SSSR count). The van der Waals surface area contributed by atoms with Gasteiger partial charge in [0.25, 0.3) is 5.91 Å². The molecule has 1 atom stereocenters. The number of amides is 1. The molecule has 5 N–H and O–H groups in total. The normalized spacial score (nSPS) is 11.5. The number of benzene rings is 2. The van der Waals surface area contributed by atoms with E-state index in [0.29, 0.717) is 5.56 Å². The molecule has 0 aliphatic carbocycles. The van der Waals surface area contributed by atoms with Crippen LogP contribution in [-0.4, -0.2) is 27.5 Å². The molecule has 2 aromatic carbocycles. The van der Waals surface area contributed by atoms with Gasteiger partial charge in [-0.25, -0.2) is 13.8 Å². The Morgan fingerprint density at radius 2 is 1.82 bits per heavy atom. The Labute approximate surface area is 231 Å². The minimum absolute atomic E-state index is 0.00296. The second-order valence-corrected chi connectivity index (χ2v) is 8.90. The van der Waals surface area contributed by atoms with Crippen LogP contribution in [0.4, 0.5) is 20.3 Å². The lowest BCUT2D eigenvalue weighted by Crippen LogP contribution is -2.30. The number of nitrogen functional groups attached to an aromatic ring is 1. The van der Waals surface area contributed by atoms with Crippen molar-refractivity contribution >= 4 is 35.0 Å². The quantitative estimate of drug-likeness (QED) is 0.265. The van der Waals surface area contributed by atoms with Crippen LogP contribution in [0, 0.1) is 11.6 Å². The zero-order valence-electron chi connectivity index (χ0n) is 20.9. The predicted molar refractivity (Wildman–Crippen MR) is 144 cm³/mol. The molecular weight excluding hydrogens is 548 g/mol. The molecule has 2 aromatic heterocycles. The number of carbonyl (C=O) groups is 2. The molecular formula is C27H22ClF2N5O5. The number of hydrogen-bond acceptors (Lipinski definition) is 8. The molecule has 0 aliphatic heterocycles. The van der Waals surface area contributed by atoms with E-state index in [-0.39, 0.29) is 45.9 Å². The third kappa shape index (κ3) is 6.42. The Kier molecular flexibility index (Phi) is 8.41. The first-order valence-electron chi connectivity index (χ1n) is 11.6. The van der Waals surface area contributed by atoms with E-state index in [9.17, 15) is 23.2 Å². The van der Waals surface area contributed by atoms with Crippen molar-refractivity contribution in [1.29, 1.82) is 0 Å². The number of rotatable bonds is 8. The first-order valence-corrected chi connectivity index (χ1v) is 12.0. The monoisotopic (exact) mass is 569 g/mol. The average Bonchev–Trinajstić information content (AvgIpc) is 2.92. The maximum atomic E-state index is 14.8. The number of nitrogens with two attached hydrogens (primary N) is 2. The fourth-order valence-corrected chi connectivity index (χ4v) is 3.62. The van der Waals surface area contributed by atoms with Crippen molar-refractivity contribution in [2.75, 3.05) is 11.1 Å². The standard InChI is InChI=1S/C27H22ClF2N5O5/c1-14(31)27(38)39-13-35-11-18(15-2-4-16(29)5-3-15)24(36)19(12-35)26(37)34-17-6-7-21(20(30)10-17)40-22-8-9-33-25(32)23(22)28/h2-12,14H,13,31H2,1H3,(H2,32,33)(H,34,37)/t14-/m0/s1.